The second kappa shape index (κ2) is 6.58. The molecule has 0 aliphatic heterocycles. The predicted octanol–water partition coefficient (Wildman–Crippen LogP) is 4.54. The van der Waals surface area contributed by atoms with Crippen molar-refractivity contribution in [3.8, 4) is 22.6 Å². The van der Waals surface area contributed by atoms with Crippen LogP contribution in [0.3, 0.4) is 0 Å². The molecule has 0 spiro atoms. The van der Waals surface area contributed by atoms with E-state index in [2.05, 4.69) is 0 Å². The predicted molar refractivity (Wildman–Crippen MR) is 89.4 cm³/mol. The Bertz CT molecular complexity index is 870. The zero-order valence-corrected chi connectivity index (χ0v) is 13.0. The lowest BCUT2D eigenvalue weighted by atomic mass is 10.1. The number of alkyl halides is 1. The van der Waals surface area contributed by atoms with Gasteiger partial charge >= 0.3 is 5.97 Å². The van der Waals surface area contributed by atoms with Crippen LogP contribution in [0.2, 0.25) is 0 Å². The minimum absolute atomic E-state index is 0.243. The zero-order valence-electron chi connectivity index (χ0n) is 13.0. The van der Waals surface area contributed by atoms with Crippen LogP contribution in [0.4, 0.5) is 4.39 Å². The number of carboxylic acid groups (broad SMARTS) is 1. The molecule has 3 aromatic rings. The largest absolute Gasteiger partial charge is 0.478 e. The quantitative estimate of drug-likeness (QED) is 0.749. The third-order valence-electron chi connectivity index (χ3n) is 3.55. The van der Waals surface area contributed by atoms with E-state index in [1.807, 2.05) is 35.2 Å². The number of benzene rings is 2. The van der Waals surface area contributed by atoms with Crippen molar-refractivity contribution < 1.29 is 19.0 Å². The van der Waals surface area contributed by atoms with Gasteiger partial charge < -0.3 is 14.4 Å². The Hall–Kier alpha value is -3.08. The summed E-state index contributed by atoms with van der Waals surface area (Å²) in [4.78, 5) is 11.1. The average Bonchev–Trinajstić information content (AvgIpc) is 3.04. The zero-order chi connectivity index (χ0) is 17.1. The van der Waals surface area contributed by atoms with E-state index in [0.29, 0.717) is 5.75 Å². The number of nitrogens with zero attached hydrogens (tertiary/aromatic N) is 1. The van der Waals surface area contributed by atoms with Gasteiger partial charge in [0.2, 0.25) is 6.36 Å². The van der Waals surface area contributed by atoms with Gasteiger partial charge in [-0.25, -0.2) is 9.18 Å². The van der Waals surface area contributed by atoms with E-state index in [0.717, 1.165) is 16.8 Å². The summed E-state index contributed by atoms with van der Waals surface area (Å²) in [6.07, 6.45) is 2.37. The molecule has 2 aromatic carbocycles. The Morgan fingerprint density at radius 1 is 1.12 bits per heavy atom. The van der Waals surface area contributed by atoms with Gasteiger partial charge in [-0.15, -0.1) is 0 Å². The molecule has 1 atom stereocenters. The molecule has 1 heterocycles. The third-order valence-corrected chi connectivity index (χ3v) is 3.55. The maximum Gasteiger partial charge on any atom is 0.335 e. The molecule has 24 heavy (non-hydrogen) atoms. The van der Waals surface area contributed by atoms with Crippen LogP contribution >= 0.6 is 0 Å². The molecule has 0 saturated heterocycles. The summed E-state index contributed by atoms with van der Waals surface area (Å²) in [6, 6.07) is 15.8. The Balaban J connectivity index is 1.91. The minimum atomic E-state index is -1.38. The molecule has 1 aromatic heterocycles. The van der Waals surface area contributed by atoms with Crippen LogP contribution in [0.15, 0.2) is 67.0 Å². The number of rotatable bonds is 5. The van der Waals surface area contributed by atoms with Crippen LogP contribution in [0.1, 0.15) is 17.3 Å². The molecule has 122 valence electrons. The van der Waals surface area contributed by atoms with Crippen molar-refractivity contribution in [1.29, 1.82) is 0 Å². The van der Waals surface area contributed by atoms with Gasteiger partial charge in [-0.05, 0) is 41.5 Å². The second-order valence-corrected chi connectivity index (χ2v) is 5.35. The fourth-order valence-electron chi connectivity index (χ4n) is 2.46. The fourth-order valence-corrected chi connectivity index (χ4v) is 2.46. The highest BCUT2D eigenvalue weighted by Crippen LogP contribution is 2.24. The highest BCUT2D eigenvalue weighted by atomic mass is 19.1. The summed E-state index contributed by atoms with van der Waals surface area (Å²) >= 11 is 0. The molecule has 0 aliphatic carbocycles. The normalized spacial score (nSPS) is 11.9. The number of carboxylic acids is 1. The van der Waals surface area contributed by atoms with Gasteiger partial charge in [0.1, 0.15) is 5.75 Å². The SMILES string of the molecule is CC(F)Oc1cccc(-n2ccc(-c3cccc(C(=O)O)c3)c2)c1. The molecule has 1 N–H and O–H groups in total. The molecule has 0 amide bonds. The van der Waals surface area contributed by atoms with E-state index >= 15 is 0 Å². The van der Waals surface area contributed by atoms with Crippen LogP contribution in [0.5, 0.6) is 5.75 Å². The molecule has 4 nitrogen and oxygen atoms in total. The highest BCUT2D eigenvalue weighted by molar-refractivity contribution is 5.89. The lowest BCUT2D eigenvalue weighted by Crippen LogP contribution is -2.04. The molecular formula is C19H16FNO3. The molecule has 1 unspecified atom stereocenters. The highest BCUT2D eigenvalue weighted by Gasteiger charge is 2.07. The first-order valence-corrected chi connectivity index (χ1v) is 7.46. The first-order chi connectivity index (χ1) is 11.5. The molecule has 0 bridgehead atoms. The summed E-state index contributed by atoms with van der Waals surface area (Å²) < 4.78 is 19.9. The van der Waals surface area contributed by atoms with Crippen molar-refractivity contribution in [3.63, 3.8) is 0 Å². The van der Waals surface area contributed by atoms with E-state index in [9.17, 15) is 9.18 Å². The van der Waals surface area contributed by atoms with Crippen LogP contribution < -0.4 is 4.74 Å². The Morgan fingerprint density at radius 2 is 1.92 bits per heavy atom. The van der Waals surface area contributed by atoms with E-state index in [1.165, 1.54) is 6.92 Å². The summed E-state index contributed by atoms with van der Waals surface area (Å²) in [6.45, 7) is 1.33. The van der Waals surface area contributed by atoms with Crippen LogP contribution in [0, 0.1) is 0 Å². The molecule has 3 rings (SSSR count). The molecular weight excluding hydrogens is 309 g/mol. The fraction of sp³-hybridized carbons (Fsp3) is 0.105. The maximum atomic E-state index is 13.0. The Labute approximate surface area is 138 Å². The van der Waals surface area contributed by atoms with Gasteiger partial charge in [0, 0.05) is 31.1 Å². The van der Waals surface area contributed by atoms with Crippen LogP contribution in [-0.2, 0) is 0 Å². The van der Waals surface area contributed by atoms with Gasteiger partial charge in [0.05, 0.1) is 5.56 Å². The van der Waals surface area contributed by atoms with E-state index < -0.39 is 12.3 Å². The lowest BCUT2D eigenvalue weighted by molar-refractivity contribution is 0.0696. The van der Waals surface area contributed by atoms with E-state index in [4.69, 9.17) is 9.84 Å². The standard InChI is InChI=1S/C19H16FNO3/c1-13(20)24-18-7-3-6-17(11-18)21-9-8-16(12-21)14-4-2-5-15(10-14)19(22)23/h2-13H,1H3,(H,22,23). The number of hydrogen-bond donors (Lipinski definition) is 1. The topological polar surface area (TPSA) is 51.5 Å². The molecule has 0 radical (unpaired) electrons. The monoisotopic (exact) mass is 325 g/mol. The van der Waals surface area contributed by atoms with Gasteiger partial charge in [-0.3, -0.25) is 0 Å². The van der Waals surface area contributed by atoms with Crippen LogP contribution in [-0.4, -0.2) is 22.0 Å². The number of aromatic nitrogens is 1. The van der Waals surface area contributed by atoms with E-state index in [-0.39, 0.29) is 5.56 Å². The maximum absolute atomic E-state index is 13.0. The average molecular weight is 325 g/mol. The second-order valence-electron chi connectivity index (χ2n) is 5.35. The van der Waals surface area contributed by atoms with Crippen molar-refractivity contribution in [1.82, 2.24) is 4.57 Å². The smallest absolute Gasteiger partial charge is 0.335 e. The number of carbonyl (C=O) groups is 1. The molecule has 0 saturated carbocycles. The number of halogens is 1. The summed E-state index contributed by atoms with van der Waals surface area (Å²) in [7, 11) is 0. The molecule has 5 heteroatoms. The number of aromatic carboxylic acids is 1. The van der Waals surface area contributed by atoms with Gasteiger partial charge in [0.25, 0.3) is 0 Å². The first kappa shape index (κ1) is 15.8. The van der Waals surface area contributed by atoms with Crippen molar-refractivity contribution in [2.45, 2.75) is 13.3 Å². The number of hydrogen-bond acceptors (Lipinski definition) is 2. The van der Waals surface area contributed by atoms with Crippen molar-refractivity contribution in [2.24, 2.45) is 0 Å². The molecule has 0 aliphatic rings. The Morgan fingerprint density at radius 3 is 2.67 bits per heavy atom. The number of ether oxygens (including phenoxy) is 1. The van der Waals surface area contributed by atoms with Gasteiger partial charge in [0.15, 0.2) is 0 Å². The third kappa shape index (κ3) is 3.46. The summed E-state index contributed by atoms with van der Waals surface area (Å²) in [5, 5.41) is 9.09. The Kier molecular flexibility index (Phi) is 4.33. The van der Waals surface area contributed by atoms with Crippen LogP contribution in [0.25, 0.3) is 16.8 Å². The summed E-state index contributed by atoms with van der Waals surface area (Å²) in [5.74, 6) is -0.507. The lowest BCUT2D eigenvalue weighted by Gasteiger charge is -2.09. The van der Waals surface area contributed by atoms with E-state index in [1.54, 1.807) is 36.4 Å². The first-order valence-electron chi connectivity index (χ1n) is 7.46. The van der Waals surface area contributed by atoms with Crippen molar-refractivity contribution >= 4 is 5.97 Å². The minimum Gasteiger partial charge on any atom is -0.478 e. The van der Waals surface area contributed by atoms with Crippen molar-refractivity contribution in [2.75, 3.05) is 0 Å². The van der Waals surface area contributed by atoms with Crippen molar-refractivity contribution in [3.05, 3.63) is 72.6 Å². The van der Waals surface area contributed by atoms with Gasteiger partial charge in [-0.2, -0.15) is 0 Å². The van der Waals surface area contributed by atoms with Gasteiger partial charge in [-0.1, -0.05) is 18.2 Å². The molecule has 0 fully saturated rings. The summed E-state index contributed by atoms with van der Waals surface area (Å²) in [5.41, 5.74) is 2.78.